The highest BCUT2D eigenvalue weighted by molar-refractivity contribution is 7.07. The number of aliphatic imine (C=N–C) groups is 1. The van der Waals surface area contributed by atoms with Crippen molar-refractivity contribution >= 4 is 17.3 Å². The predicted octanol–water partition coefficient (Wildman–Crippen LogP) is 2.14. The third-order valence-corrected chi connectivity index (χ3v) is 4.68. The third kappa shape index (κ3) is 5.13. The van der Waals surface area contributed by atoms with Gasteiger partial charge in [-0.2, -0.15) is 11.3 Å². The largest absolute Gasteiger partial charge is 0.356 e. The molecule has 2 N–H and O–H groups in total. The number of nitrogens with zero attached hydrogens (tertiary/aromatic N) is 2. The second kappa shape index (κ2) is 8.27. The molecule has 1 saturated heterocycles. The van der Waals surface area contributed by atoms with Gasteiger partial charge in [0.1, 0.15) is 0 Å². The molecule has 0 spiro atoms. The van der Waals surface area contributed by atoms with Crippen molar-refractivity contribution in [3.05, 3.63) is 22.4 Å². The summed E-state index contributed by atoms with van der Waals surface area (Å²) in [6.07, 6.45) is 3.91. The van der Waals surface area contributed by atoms with E-state index in [4.69, 9.17) is 0 Å². The number of hydrogen-bond donors (Lipinski definition) is 2. The molecule has 1 aromatic rings. The van der Waals surface area contributed by atoms with Crippen LogP contribution in [-0.2, 0) is 6.54 Å². The standard InChI is InChI=1S/C15H26N4S/c1-16-15(18-11-14-6-10-20-12-14)17-7-3-13-4-8-19(2)9-5-13/h6,10,12-13H,3-5,7-9,11H2,1-2H3,(H2,16,17,18). The molecule has 0 aliphatic carbocycles. The van der Waals surface area contributed by atoms with E-state index >= 15 is 0 Å². The molecule has 1 fully saturated rings. The molecule has 2 rings (SSSR count). The van der Waals surface area contributed by atoms with Gasteiger partial charge in [0, 0.05) is 20.1 Å². The maximum absolute atomic E-state index is 4.27. The number of nitrogens with one attached hydrogen (secondary N) is 2. The molecule has 0 aromatic carbocycles. The first-order valence-corrected chi connectivity index (χ1v) is 8.36. The topological polar surface area (TPSA) is 39.7 Å². The first-order valence-electron chi connectivity index (χ1n) is 7.42. The Morgan fingerprint density at radius 3 is 2.85 bits per heavy atom. The van der Waals surface area contributed by atoms with E-state index in [0.717, 1.165) is 25.0 Å². The van der Waals surface area contributed by atoms with Crippen LogP contribution in [0.5, 0.6) is 0 Å². The molecule has 20 heavy (non-hydrogen) atoms. The van der Waals surface area contributed by atoms with Gasteiger partial charge in [-0.3, -0.25) is 4.99 Å². The highest BCUT2D eigenvalue weighted by Gasteiger charge is 2.16. The van der Waals surface area contributed by atoms with E-state index in [1.807, 2.05) is 7.05 Å². The number of thiophene rings is 1. The van der Waals surface area contributed by atoms with Crippen LogP contribution in [0.25, 0.3) is 0 Å². The Hall–Kier alpha value is -1.07. The van der Waals surface area contributed by atoms with Crippen LogP contribution >= 0.6 is 11.3 Å². The summed E-state index contributed by atoms with van der Waals surface area (Å²) in [5.41, 5.74) is 1.31. The van der Waals surface area contributed by atoms with Gasteiger partial charge >= 0.3 is 0 Å². The number of rotatable bonds is 5. The molecule has 5 heteroatoms. The van der Waals surface area contributed by atoms with Gasteiger partial charge in [-0.15, -0.1) is 0 Å². The molecule has 0 bridgehead atoms. The molecule has 4 nitrogen and oxygen atoms in total. The Balaban J connectivity index is 1.61. The van der Waals surface area contributed by atoms with E-state index in [2.05, 4.69) is 44.4 Å². The Morgan fingerprint density at radius 1 is 1.40 bits per heavy atom. The summed E-state index contributed by atoms with van der Waals surface area (Å²) in [6, 6.07) is 2.14. The van der Waals surface area contributed by atoms with Crippen LogP contribution in [0, 0.1) is 5.92 Å². The molecule has 0 unspecified atom stereocenters. The van der Waals surface area contributed by atoms with Crippen LogP contribution < -0.4 is 10.6 Å². The Morgan fingerprint density at radius 2 is 2.20 bits per heavy atom. The molecule has 1 aliphatic heterocycles. The lowest BCUT2D eigenvalue weighted by molar-refractivity contribution is 0.213. The predicted molar refractivity (Wildman–Crippen MR) is 87.4 cm³/mol. The normalized spacial score (nSPS) is 18.2. The number of piperidine rings is 1. The lowest BCUT2D eigenvalue weighted by atomic mass is 9.94. The second-order valence-electron chi connectivity index (χ2n) is 5.52. The van der Waals surface area contributed by atoms with E-state index in [-0.39, 0.29) is 0 Å². The zero-order chi connectivity index (χ0) is 14.2. The van der Waals surface area contributed by atoms with Crippen molar-refractivity contribution in [2.45, 2.75) is 25.8 Å². The molecule has 0 atom stereocenters. The van der Waals surface area contributed by atoms with Gasteiger partial charge in [0.05, 0.1) is 0 Å². The molecular weight excluding hydrogens is 268 g/mol. The van der Waals surface area contributed by atoms with Gasteiger partial charge in [-0.25, -0.2) is 0 Å². The van der Waals surface area contributed by atoms with Crippen LogP contribution in [0.2, 0.25) is 0 Å². The summed E-state index contributed by atoms with van der Waals surface area (Å²) < 4.78 is 0. The van der Waals surface area contributed by atoms with Crippen molar-refractivity contribution < 1.29 is 0 Å². The average Bonchev–Trinajstić information content (AvgIpc) is 2.98. The maximum atomic E-state index is 4.27. The fourth-order valence-electron chi connectivity index (χ4n) is 2.55. The minimum absolute atomic E-state index is 0.845. The van der Waals surface area contributed by atoms with Gasteiger partial charge < -0.3 is 15.5 Å². The van der Waals surface area contributed by atoms with Crippen molar-refractivity contribution in [3.63, 3.8) is 0 Å². The lowest BCUT2D eigenvalue weighted by Crippen LogP contribution is -2.38. The van der Waals surface area contributed by atoms with Crippen LogP contribution in [-0.4, -0.2) is 44.6 Å². The molecule has 0 radical (unpaired) electrons. The van der Waals surface area contributed by atoms with Crippen molar-refractivity contribution in [1.82, 2.24) is 15.5 Å². The van der Waals surface area contributed by atoms with E-state index in [9.17, 15) is 0 Å². The smallest absolute Gasteiger partial charge is 0.191 e. The van der Waals surface area contributed by atoms with Crippen LogP contribution in [0.4, 0.5) is 0 Å². The van der Waals surface area contributed by atoms with Gasteiger partial charge in [0.15, 0.2) is 5.96 Å². The quantitative estimate of drug-likeness (QED) is 0.646. The van der Waals surface area contributed by atoms with Gasteiger partial charge in [0.2, 0.25) is 0 Å². The molecule has 1 aromatic heterocycles. The fourth-order valence-corrected chi connectivity index (χ4v) is 3.21. The minimum Gasteiger partial charge on any atom is -0.356 e. The minimum atomic E-state index is 0.845. The van der Waals surface area contributed by atoms with Crippen LogP contribution in [0.3, 0.4) is 0 Å². The third-order valence-electron chi connectivity index (χ3n) is 3.95. The number of likely N-dealkylation sites (tertiary alicyclic amines) is 1. The van der Waals surface area contributed by atoms with E-state index in [1.165, 1.54) is 37.9 Å². The summed E-state index contributed by atoms with van der Waals surface area (Å²) in [7, 11) is 4.04. The molecule has 1 aliphatic rings. The fraction of sp³-hybridized carbons (Fsp3) is 0.667. The van der Waals surface area contributed by atoms with Gasteiger partial charge in [-0.05, 0) is 67.7 Å². The summed E-state index contributed by atoms with van der Waals surface area (Å²) in [5, 5.41) is 11.0. The molecular formula is C15H26N4S. The molecule has 0 saturated carbocycles. The van der Waals surface area contributed by atoms with Crippen LogP contribution in [0.1, 0.15) is 24.8 Å². The van der Waals surface area contributed by atoms with E-state index in [1.54, 1.807) is 11.3 Å². The van der Waals surface area contributed by atoms with E-state index in [0.29, 0.717) is 0 Å². The summed E-state index contributed by atoms with van der Waals surface area (Å²) in [6.45, 7) is 4.35. The van der Waals surface area contributed by atoms with Crippen molar-refractivity contribution in [1.29, 1.82) is 0 Å². The first-order chi connectivity index (χ1) is 9.78. The lowest BCUT2D eigenvalue weighted by Gasteiger charge is -2.29. The number of hydrogen-bond acceptors (Lipinski definition) is 3. The Kier molecular flexibility index (Phi) is 6.33. The maximum Gasteiger partial charge on any atom is 0.191 e. The summed E-state index contributed by atoms with van der Waals surface area (Å²) in [5.74, 6) is 1.78. The monoisotopic (exact) mass is 294 g/mol. The Bertz CT molecular complexity index is 394. The van der Waals surface area contributed by atoms with Gasteiger partial charge in [-0.1, -0.05) is 0 Å². The van der Waals surface area contributed by atoms with E-state index < -0.39 is 0 Å². The highest BCUT2D eigenvalue weighted by atomic mass is 32.1. The Labute approximate surface area is 126 Å². The summed E-state index contributed by atoms with van der Waals surface area (Å²) >= 11 is 1.73. The summed E-state index contributed by atoms with van der Waals surface area (Å²) in [4.78, 5) is 6.69. The van der Waals surface area contributed by atoms with Gasteiger partial charge in [0.25, 0.3) is 0 Å². The zero-order valence-electron chi connectivity index (χ0n) is 12.6. The first kappa shape index (κ1) is 15.3. The molecule has 0 amide bonds. The second-order valence-corrected chi connectivity index (χ2v) is 6.30. The van der Waals surface area contributed by atoms with Crippen molar-refractivity contribution in [2.24, 2.45) is 10.9 Å². The molecule has 112 valence electrons. The zero-order valence-corrected chi connectivity index (χ0v) is 13.4. The van der Waals surface area contributed by atoms with Crippen molar-refractivity contribution in [3.8, 4) is 0 Å². The SMILES string of the molecule is CN=C(NCCC1CCN(C)CC1)NCc1ccsc1. The number of guanidine groups is 1. The highest BCUT2D eigenvalue weighted by Crippen LogP contribution is 2.18. The average molecular weight is 294 g/mol. The van der Waals surface area contributed by atoms with Crippen LogP contribution in [0.15, 0.2) is 21.8 Å². The van der Waals surface area contributed by atoms with Crippen molar-refractivity contribution in [2.75, 3.05) is 33.7 Å². The molecule has 2 heterocycles.